The standard InChI is InChI=1S/C14H15N3O3/c1-15-9-17(7-12(15)18)13(19)8-16-6-10-4-2-3-5-11(10)14(16)20/h2-5H,6-9H2,1H3. The van der Waals surface area contributed by atoms with Crippen LogP contribution in [0.4, 0.5) is 0 Å². The molecule has 2 aliphatic heterocycles. The van der Waals surface area contributed by atoms with E-state index >= 15 is 0 Å². The molecule has 0 spiro atoms. The summed E-state index contributed by atoms with van der Waals surface area (Å²) in [5.74, 6) is -0.383. The van der Waals surface area contributed by atoms with Gasteiger partial charge in [-0.3, -0.25) is 14.4 Å². The molecule has 2 aliphatic rings. The van der Waals surface area contributed by atoms with Crippen LogP contribution in [0.15, 0.2) is 24.3 Å². The van der Waals surface area contributed by atoms with Gasteiger partial charge in [-0.1, -0.05) is 18.2 Å². The van der Waals surface area contributed by atoms with Crippen molar-refractivity contribution in [1.82, 2.24) is 14.7 Å². The first-order chi connectivity index (χ1) is 9.56. The van der Waals surface area contributed by atoms with Crippen molar-refractivity contribution in [1.29, 1.82) is 0 Å². The lowest BCUT2D eigenvalue weighted by atomic mass is 10.1. The van der Waals surface area contributed by atoms with Gasteiger partial charge in [-0.25, -0.2) is 0 Å². The SMILES string of the molecule is CN1CN(C(=O)CN2Cc3ccccc3C2=O)CC1=O. The van der Waals surface area contributed by atoms with Crippen LogP contribution in [-0.4, -0.2) is 59.2 Å². The number of carbonyl (C=O) groups is 3. The maximum atomic E-state index is 12.2. The van der Waals surface area contributed by atoms with Crippen LogP contribution in [-0.2, 0) is 16.1 Å². The minimum absolute atomic E-state index is 0.0225. The fourth-order valence-corrected chi connectivity index (χ4v) is 2.54. The van der Waals surface area contributed by atoms with E-state index in [1.165, 1.54) is 14.7 Å². The number of hydrogen-bond donors (Lipinski definition) is 0. The van der Waals surface area contributed by atoms with Crippen molar-refractivity contribution < 1.29 is 14.4 Å². The molecular weight excluding hydrogens is 258 g/mol. The fraction of sp³-hybridized carbons (Fsp3) is 0.357. The molecule has 2 heterocycles. The lowest BCUT2D eigenvalue weighted by Crippen LogP contribution is -2.40. The van der Waals surface area contributed by atoms with E-state index in [1.54, 1.807) is 13.1 Å². The number of carbonyl (C=O) groups excluding carboxylic acids is 3. The highest BCUT2D eigenvalue weighted by Gasteiger charge is 2.33. The molecule has 0 radical (unpaired) electrons. The van der Waals surface area contributed by atoms with E-state index in [0.717, 1.165) is 5.56 Å². The zero-order chi connectivity index (χ0) is 14.3. The number of nitrogens with zero attached hydrogens (tertiary/aromatic N) is 3. The zero-order valence-electron chi connectivity index (χ0n) is 11.2. The Morgan fingerprint density at radius 1 is 1.20 bits per heavy atom. The summed E-state index contributed by atoms with van der Waals surface area (Å²) in [6.07, 6.45) is 0. The predicted molar refractivity (Wildman–Crippen MR) is 70.5 cm³/mol. The second-order valence-corrected chi connectivity index (χ2v) is 5.14. The van der Waals surface area contributed by atoms with Crippen molar-refractivity contribution in [3.05, 3.63) is 35.4 Å². The van der Waals surface area contributed by atoms with E-state index in [9.17, 15) is 14.4 Å². The fourth-order valence-electron chi connectivity index (χ4n) is 2.54. The van der Waals surface area contributed by atoms with Gasteiger partial charge in [0.15, 0.2) is 0 Å². The smallest absolute Gasteiger partial charge is 0.254 e. The van der Waals surface area contributed by atoms with E-state index < -0.39 is 0 Å². The minimum atomic E-state index is -0.191. The zero-order valence-corrected chi connectivity index (χ0v) is 11.2. The monoisotopic (exact) mass is 273 g/mol. The Morgan fingerprint density at radius 2 is 1.95 bits per heavy atom. The predicted octanol–water partition coefficient (Wildman–Crippen LogP) is -0.0995. The van der Waals surface area contributed by atoms with Crippen LogP contribution in [0.2, 0.25) is 0 Å². The third-order valence-electron chi connectivity index (χ3n) is 3.71. The summed E-state index contributed by atoms with van der Waals surface area (Å²) in [5.41, 5.74) is 1.61. The van der Waals surface area contributed by atoms with Crippen molar-refractivity contribution in [3.8, 4) is 0 Å². The first-order valence-corrected chi connectivity index (χ1v) is 6.45. The summed E-state index contributed by atoms with van der Waals surface area (Å²) in [4.78, 5) is 40.2. The van der Waals surface area contributed by atoms with Gasteiger partial charge in [0.05, 0.1) is 6.67 Å². The number of rotatable bonds is 2. The molecule has 1 saturated heterocycles. The van der Waals surface area contributed by atoms with E-state index in [-0.39, 0.29) is 30.8 Å². The molecule has 104 valence electrons. The Hall–Kier alpha value is -2.37. The van der Waals surface area contributed by atoms with Gasteiger partial charge in [0.25, 0.3) is 5.91 Å². The average molecular weight is 273 g/mol. The second-order valence-electron chi connectivity index (χ2n) is 5.14. The van der Waals surface area contributed by atoms with Crippen LogP contribution in [0.1, 0.15) is 15.9 Å². The van der Waals surface area contributed by atoms with E-state index in [0.29, 0.717) is 18.8 Å². The molecule has 6 nitrogen and oxygen atoms in total. The molecular formula is C14H15N3O3. The van der Waals surface area contributed by atoms with Gasteiger partial charge in [-0.15, -0.1) is 0 Å². The van der Waals surface area contributed by atoms with Crippen LogP contribution >= 0.6 is 0 Å². The minimum Gasteiger partial charge on any atom is -0.326 e. The summed E-state index contributed by atoms with van der Waals surface area (Å²) < 4.78 is 0. The number of benzene rings is 1. The van der Waals surface area contributed by atoms with E-state index in [2.05, 4.69) is 0 Å². The summed E-state index contributed by atoms with van der Waals surface area (Å²) >= 11 is 0. The molecule has 0 unspecified atom stereocenters. The van der Waals surface area contributed by atoms with Gasteiger partial charge in [0.1, 0.15) is 13.1 Å². The normalized spacial score (nSPS) is 17.9. The van der Waals surface area contributed by atoms with Crippen LogP contribution in [0.5, 0.6) is 0 Å². The van der Waals surface area contributed by atoms with Crippen LogP contribution in [0.3, 0.4) is 0 Å². The highest BCUT2D eigenvalue weighted by atomic mass is 16.2. The van der Waals surface area contributed by atoms with Gasteiger partial charge < -0.3 is 14.7 Å². The Morgan fingerprint density at radius 3 is 2.60 bits per heavy atom. The van der Waals surface area contributed by atoms with Gasteiger partial charge in [0, 0.05) is 19.2 Å². The summed E-state index contributed by atoms with van der Waals surface area (Å²) in [6, 6.07) is 7.36. The summed E-state index contributed by atoms with van der Waals surface area (Å²) in [6.45, 7) is 0.879. The van der Waals surface area contributed by atoms with Crippen LogP contribution in [0.25, 0.3) is 0 Å². The van der Waals surface area contributed by atoms with Crippen molar-refractivity contribution in [2.45, 2.75) is 6.54 Å². The van der Waals surface area contributed by atoms with E-state index in [4.69, 9.17) is 0 Å². The molecule has 0 N–H and O–H groups in total. The largest absolute Gasteiger partial charge is 0.326 e. The molecule has 0 aromatic heterocycles. The molecule has 0 bridgehead atoms. The molecule has 1 aromatic carbocycles. The number of likely N-dealkylation sites (N-methyl/N-ethyl adjacent to an activating group) is 1. The maximum Gasteiger partial charge on any atom is 0.254 e. The van der Waals surface area contributed by atoms with Gasteiger partial charge in [0.2, 0.25) is 11.8 Å². The second kappa shape index (κ2) is 4.63. The lowest BCUT2D eigenvalue weighted by molar-refractivity contribution is -0.132. The first-order valence-electron chi connectivity index (χ1n) is 6.45. The maximum absolute atomic E-state index is 12.2. The summed E-state index contributed by atoms with van der Waals surface area (Å²) in [5, 5.41) is 0. The van der Waals surface area contributed by atoms with Crippen molar-refractivity contribution in [2.75, 3.05) is 26.8 Å². The van der Waals surface area contributed by atoms with E-state index in [1.807, 2.05) is 18.2 Å². The molecule has 0 atom stereocenters. The van der Waals surface area contributed by atoms with Gasteiger partial charge in [-0.2, -0.15) is 0 Å². The molecule has 1 fully saturated rings. The summed E-state index contributed by atoms with van der Waals surface area (Å²) in [7, 11) is 1.66. The van der Waals surface area contributed by atoms with Crippen LogP contribution < -0.4 is 0 Å². The Labute approximate surface area is 116 Å². The Bertz CT molecular complexity index is 599. The van der Waals surface area contributed by atoms with Gasteiger partial charge >= 0.3 is 0 Å². The lowest BCUT2D eigenvalue weighted by Gasteiger charge is -2.20. The first kappa shape index (κ1) is 12.7. The van der Waals surface area contributed by atoms with Gasteiger partial charge in [-0.05, 0) is 11.6 Å². The molecule has 0 aliphatic carbocycles. The highest BCUT2D eigenvalue weighted by molar-refractivity contribution is 6.00. The highest BCUT2D eigenvalue weighted by Crippen LogP contribution is 2.22. The number of fused-ring (bicyclic) bond motifs is 1. The van der Waals surface area contributed by atoms with Crippen molar-refractivity contribution in [3.63, 3.8) is 0 Å². The molecule has 1 aromatic rings. The quantitative estimate of drug-likeness (QED) is 0.756. The average Bonchev–Trinajstić information content (AvgIpc) is 2.92. The van der Waals surface area contributed by atoms with Crippen LogP contribution in [0, 0.1) is 0 Å². The third-order valence-corrected chi connectivity index (χ3v) is 3.71. The number of hydrogen-bond acceptors (Lipinski definition) is 3. The third kappa shape index (κ3) is 2.03. The molecule has 3 amide bonds. The molecule has 3 rings (SSSR count). The van der Waals surface area contributed by atoms with Crippen molar-refractivity contribution >= 4 is 17.7 Å². The molecule has 20 heavy (non-hydrogen) atoms. The van der Waals surface area contributed by atoms with Crippen molar-refractivity contribution in [2.24, 2.45) is 0 Å². The Kier molecular flexibility index (Phi) is 2.93. The molecule has 0 saturated carbocycles. The Balaban J connectivity index is 1.67. The topological polar surface area (TPSA) is 60.9 Å². The molecule has 6 heteroatoms. The number of amides is 3.